The molecule has 0 spiro atoms. The number of hydrogen-bond donors (Lipinski definition) is 3. The Kier molecular flexibility index (Phi) is 6.15. The van der Waals surface area contributed by atoms with Gasteiger partial charge < -0.3 is 15.7 Å². The molecule has 94 valence electrons. The van der Waals surface area contributed by atoms with Gasteiger partial charge in [0.2, 0.25) is 0 Å². The van der Waals surface area contributed by atoms with Crippen LogP contribution < -0.4 is 10.6 Å². The van der Waals surface area contributed by atoms with Crippen molar-refractivity contribution in [2.24, 2.45) is 0 Å². The maximum Gasteiger partial charge on any atom is 0.170 e. The molecule has 3 N–H and O–H groups in total. The lowest BCUT2D eigenvalue weighted by atomic mass is 10.2. The molecule has 0 aliphatic rings. The molecule has 0 bridgehead atoms. The third kappa shape index (κ3) is 5.28. The number of hydrogen-bond acceptors (Lipinski definition) is 3. The molecule has 0 saturated carbocycles. The molecule has 0 saturated heterocycles. The zero-order valence-electron chi connectivity index (χ0n) is 10.1. The number of phenolic OH excluding ortho intramolecular Hbond substituents is 1. The first-order valence-corrected chi connectivity index (χ1v) is 7.27. The van der Waals surface area contributed by atoms with Gasteiger partial charge in [-0.3, -0.25) is 0 Å². The topological polar surface area (TPSA) is 44.3 Å². The lowest BCUT2D eigenvalue weighted by Crippen LogP contribution is -2.29. The highest BCUT2D eigenvalue weighted by Crippen LogP contribution is 2.23. The Morgan fingerprint density at radius 2 is 2.24 bits per heavy atom. The molecule has 0 fully saturated rings. The Morgan fingerprint density at radius 3 is 2.88 bits per heavy atom. The fraction of sp³-hybridized carbons (Fsp3) is 0.417. The van der Waals surface area contributed by atoms with E-state index in [1.807, 2.05) is 30.8 Å². The summed E-state index contributed by atoms with van der Waals surface area (Å²) in [5.41, 5.74) is 1.66. The lowest BCUT2D eigenvalue weighted by molar-refractivity contribution is 0.477. The fourth-order valence-corrected chi connectivity index (χ4v) is 1.98. The van der Waals surface area contributed by atoms with E-state index in [2.05, 4.69) is 16.9 Å². The molecule has 0 amide bonds. The summed E-state index contributed by atoms with van der Waals surface area (Å²) in [6, 6.07) is 5.46. The van der Waals surface area contributed by atoms with Crippen LogP contribution in [0, 0.1) is 6.92 Å². The summed E-state index contributed by atoms with van der Waals surface area (Å²) in [6.07, 6.45) is 3.16. The van der Waals surface area contributed by atoms with Gasteiger partial charge in [-0.25, -0.2) is 0 Å². The maximum absolute atomic E-state index is 9.70. The Hall–Kier alpha value is -0.940. The van der Waals surface area contributed by atoms with Crippen molar-refractivity contribution in [1.29, 1.82) is 0 Å². The van der Waals surface area contributed by atoms with Crippen LogP contribution in [0.2, 0.25) is 0 Å². The minimum Gasteiger partial charge on any atom is -0.506 e. The van der Waals surface area contributed by atoms with E-state index in [0.717, 1.165) is 24.3 Å². The highest BCUT2D eigenvalue weighted by molar-refractivity contribution is 7.98. The first-order chi connectivity index (χ1) is 8.13. The molecule has 0 aromatic heterocycles. The average molecular weight is 270 g/mol. The van der Waals surface area contributed by atoms with Gasteiger partial charge in [0.15, 0.2) is 5.11 Å². The highest BCUT2D eigenvalue weighted by Gasteiger charge is 2.02. The number of benzene rings is 1. The van der Waals surface area contributed by atoms with Gasteiger partial charge in [-0.2, -0.15) is 11.8 Å². The number of nitrogens with one attached hydrogen (secondary N) is 2. The van der Waals surface area contributed by atoms with Crippen LogP contribution in [-0.4, -0.2) is 28.8 Å². The van der Waals surface area contributed by atoms with Crippen molar-refractivity contribution in [3.8, 4) is 5.75 Å². The summed E-state index contributed by atoms with van der Waals surface area (Å²) in [5.74, 6) is 1.34. The van der Waals surface area contributed by atoms with Crippen LogP contribution in [0.25, 0.3) is 0 Å². The van der Waals surface area contributed by atoms with Crippen LogP contribution in [0.15, 0.2) is 18.2 Å². The number of aromatic hydroxyl groups is 1. The van der Waals surface area contributed by atoms with Gasteiger partial charge in [0.25, 0.3) is 0 Å². The Bertz CT molecular complexity index is 383. The third-order valence-electron chi connectivity index (χ3n) is 2.21. The predicted octanol–water partition coefficient (Wildman–Crippen LogP) is 2.74. The quantitative estimate of drug-likeness (QED) is 0.436. The van der Waals surface area contributed by atoms with Crippen molar-refractivity contribution in [1.82, 2.24) is 5.32 Å². The molecule has 0 heterocycles. The zero-order chi connectivity index (χ0) is 12.7. The molecular formula is C12H18N2OS2. The number of rotatable bonds is 5. The summed E-state index contributed by atoms with van der Waals surface area (Å²) < 4.78 is 0. The van der Waals surface area contributed by atoms with Crippen LogP contribution in [0.1, 0.15) is 12.0 Å². The number of thiocarbonyl (C=S) groups is 1. The standard InChI is InChI=1S/C12H18N2OS2/c1-9-4-5-10(11(15)8-9)14-12(16)13-6-3-7-17-2/h4-5,8,15H,3,6-7H2,1-2H3,(H2,13,14,16). The van der Waals surface area contributed by atoms with Crippen molar-refractivity contribution >= 4 is 34.8 Å². The molecule has 1 rings (SSSR count). The second-order valence-corrected chi connectivity index (χ2v) is 5.14. The van der Waals surface area contributed by atoms with Gasteiger partial charge in [0.05, 0.1) is 5.69 Å². The normalized spacial score (nSPS) is 10.0. The maximum atomic E-state index is 9.70. The van der Waals surface area contributed by atoms with E-state index >= 15 is 0 Å². The molecule has 0 aliphatic heterocycles. The van der Waals surface area contributed by atoms with Crippen LogP contribution >= 0.6 is 24.0 Å². The molecule has 17 heavy (non-hydrogen) atoms. The van der Waals surface area contributed by atoms with Crippen molar-refractivity contribution in [2.45, 2.75) is 13.3 Å². The first-order valence-electron chi connectivity index (χ1n) is 5.47. The second-order valence-electron chi connectivity index (χ2n) is 3.75. The molecule has 0 aliphatic carbocycles. The average Bonchev–Trinajstić information content (AvgIpc) is 2.28. The second kappa shape index (κ2) is 7.40. The van der Waals surface area contributed by atoms with Crippen molar-refractivity contribution in [3.05, 3.63) is 23.8 Å². The van der Waals surface area contributed by atoms with E-state index in [4.69, 9.17) is 12.2 Å². The molecule has 0 atom stereocenters. The summed E-state index contributed by atoms with van der Waals surface area (Å²) in [5, 5.41) is 16.3. The van der Waals surface area contributed by atoms with E-state index < -0.39 is 0 Å². The van der Waals surface area contributed by atoms with Crippen LogP contribution in [0.3, 0.4) is 0 Å². The smallest absolute Gasteiger partial charge is 0.170 e. The highest BCUT2D eigenvalue weighted by atomic mass is 32.2. The lowest BCUT2D eigenvalue weighted by Gasteiger charge is -2.11. The zero-order valence-corrected chi connectivity index (χ0v) is 11.8. The molecule has 1 aromatic carbocycles. The van der Waals surface area contributed by atoms with Gasteiger partial charge >= 0.3 is 0 Å². The number of phenols is 1. The van der Waals surface area contributed by atoms with Gasteiger partial charge in [-0.1, -0.05) is 6.07 Å². The molecule has 0 radical (unpaired) electrons. The Morgan fingerprint density at radius 1 is 1.47 bits per heavy atom. The molecule has 5 heteroatoms. The van der Waals surface area contributed by atoms with Gasteiger partial charge in [-0.05, 0) is 55.3 Å². The largest absolute Gasteiger partial charge is 0.506 e. The number of anilines is 1. The SMILES string of the molecule is CSCCCNC(=S)Nc1ccc(C)cc1O. The van der Waals surface area contributed by atoms with E-state index in [1.165, 1.54) is 0 Å². The van der Waals surface area contributed by atoms with E-state index in [-0.39, 0.29) is 5.75 Å². The minimum absolute atomic E-state index is 0.221. The molecule has 0 unspecified atom stereocenters. The van der Waals surface area contributed by atoms with Gasteiger partial charge in [0, 0.05) is 6.54 Å². The van der Waals surface area contributed by atoms with E-state index in [1.54, 1.807) is 6.07 Å². The molecular weight excluding hydrogens is 252 g/mol. The Balaban J connectivity index is 2.40. The summed E-state index contributed by atoms with van der Waals surface area (Å²) in [7, 11) is 0. The predicted molar refractivity (Wildman–Crippen MR) is 80.1 cm³/mol. The van der Waals surface area contributed by atoms with Crippen molar-refractivity contribution < 1.29 is 5.11 Å². The first kappa shape index (κ1) is 14.1. The third-order valence-corrected chi connectivity index (χ3v) is 3.16. The van der Waals surface area contributed by atoms with Crippen molar-refractivity contribution in [2.75, 3.05) is 23.9 Å². The number of aryl methyl sites for hydroxylation is 1. The van der Waals surface area contributed by atoms with Gasteiger partial charge in [0.1, 0.15) is 5.75 Å². The van der Waals surface area contributed by atoms with E-state index in [9.17, 15) is 5.11 Å². The number of thioether (sulfide) groups is 1. The minimum atomic E-state index is 0.221. The van der Waals surface area contributed by atoms with Crippen molar-refractivity contribution in [3.63, 3.8) is 0 Å². The summed E-state index contributed by atoms with van der Waals surface area (Å²) in [6.45, 7) is 2.78. The van der Waals surface area contributed by atoms with Crippen LogP contribution in [-0.2, 0) is 0 Å². The monoisotopic (exact) mass is 270 g/mol. The summed E-state index contributed by atoms with van der Waals surface area (Å²) >= 11 is 6.96. The van der Waals surface area contributed by atoms with Crippen LogP contribution in [0.5, 0.6) is 5.75 Å². The Labute approximate surface area is 112 Å². The van der Waals surface area contributed by atoms with E-state index in [0.29, 0.717) is 10.8 Å². The van der Waals surface area contributed by atoms with Gasteiger partial charge in [-0.15, -0.1) is 0 Å². The fourth-order valence-electron chi connectivity index (χ4n) is 1.33. The molecule has 3 nitrogen and oxygen atoms in total. The molecule has 1 aromatic rings. The summed E-state index contributed by atoms with van der Waals surface area (Å²) in [4.78, 5) is 0. The van der Waals surface area contributed by atoms with Crippen LogP contribution in [0.4, 0.5) is 5.69 Å².